The van der Waals surface area contributed by atoms with E-state index in [-0.39, 0.29) is 11.4 Å². The fourth-order valence-corrected chi connectivity index (χ4v) is 4.54. The van der Waals surface area contributed by atoms with Gasteiger partial charge >= 0.3 is 5.97 Å². The Bertz CT molecular complexity index is 635. The molecule has 0 amide bonds. The van der Waals surface area contributed by atoms with Crippen molar-refractivity contribution >= 4 is 5.97 Å². The van der Waals surface area contributed by atoms with Gasteiger partial charge in [0, 0.05) is 16.9 Å². The van der Waals surface area contributed by atoms with E-state index in [9.17, 15) is 4.79 Å². The summed E-state index contributed by atoms with van der Waals surface area (Å²) in [6.45, 7) is 6.84. The molecule has 3 nitrogen and oxygen atoms in total. The monoisotopic (exact) mass is 284 g/mol. The van der Waals surface area contributed by atoms with Crippen molar-refractivity contribution in [2.45, 2.75) is 31.8 Å². The molecule has 1 unspecified atom stereocenters. The first-order chi connectivity index (χ1) is 10.1. The molecule has 0 radical (unpaired) electrons. The van der Waals surface area contributed by atoms with Crippen LogP contribution in [0.3, 0.4) is 0 Å². The second kappa shape index (κ2) is 4.20. The molecule has 1 aromatic carbocycles. The summed E-state index contributed by atoms with van der Waals surface area (Å²) in [5.41, 5.74) is 2.50. The normalized spacial score (nSPS) is 36.0. The summed E-state index contributed by atoms with van der Waals surface area (Å²) in [6.07, 6.45) is 3.25. The average molecular weight is 284 g/mol. The van der Waals surface area contributed by atoms with Crippen LogP contribution in [-0.2, 0) is 26.3 Å². The van der Waals surface area contributed by atoms with Gasteiger partial charge in [-0.2, -0.15) is 0 Å². The van der Waals surface area contributed by atoms with Crippen LogP contribution in [0.2, 0.25) is 0 Å². The summed E-state index contributed by atoms with van der Waals surface area (Å²) in [5, 5.41) is 0. The lowest BCUT2D eigenvalue weighted by Gasteiger charge is -2.27. The predicted molar refractivity (Wildman–Crippen MR) is 78.7 cm³/mol. The number of carbonyl (C=O) groups is 1. The first-order valence-corrected chi connectivity index (χ1v) is 7.67. The SMILES string of the molecule is C=C(C)C(=O)O[C@@]12c3ccccc3CCCC13COC[C@@H]32. The second-order valence-corrected chi connectivity index (χ2v) is 6.64. The molecule has 0 aromatic heterocycles. The molecule has 1 saturated heterocycles. The van der Waals surface area contributed by atoms with E-state index in [4.69, 9.17) is 9.47 Å². The van der Waals surface area contributed by atoms with Crippen LogP contribution >= 0.6 is 0 Å². The van der Waals surface area contributed by atoms with Gasteiger partial charge < -0.3 is 9.47 Å². The van der Waals surface area contributed by atoms with Crippen molar-refractivity contribution in [2.24, 2.45) is 11.3 Å². The first-order valence-electron chi connectivity index (χ1n) is 7.67. The number of rotatable bonds is 2. The molecule has 2 aliphatic carbocycles. The Kier molecular flexibility index (Phi) is 2.62. The van der Waals surface area contributed by atoms with Gasteiger partial charge in [0.15, 0.2) is 5.60 Å². The van der Waals surface area contributed by atoms with Crippen LogP contribution in [0.5, 0.6) is 0 Å². The van der Waals surface area contributed by atoms with Gasteiger partial charge in [-0.3, -0.25) is 0 Å². The first kappa shape index (κ1) is 13.1. The minimum atomic E-state index is -0.478. The van der Waals surface area contributed by atoms with Gasteiger partial charge in [-0.05, 0) is 37.3 Å². The lowest BCUT2D eigenvalue weighted by atomic mass is 9.93. The summed E-state index contributed by atoms with van der Waals surface area (Å²) in [7, 11) is 0. The minimum absolute atomic E-state index is 0.00921. The highest BCUT2D eigenvalue weighted by Gasteiger charge is 2.82. The summed E-state index contributed by atoms with van der Waals surface area (Å²) in [6, 6.07) is 8.41. The molecular formula is C18H20O3. The van der Waals surface area contributed by atoms with Gasteiger partial charge in [-0.1, -0.05) is 30.8 Å². The van der Waals surface area contributed by atoms with E-state index < -0.39 is 5.60 Å². The number of carbonyl (C=O) groups excluding carboxylic acids is 1. The quantitative estimate of drug-likeness (QED) is 0.618. The summed E-state index contributed by atoms with van der Waals surface area (Å²) >= 11 is 0. The van der Waals surface area contributed by atoms with Gasteiger partial charge in [0.25, 0.3) is 0 Å². The van der Waals surface area contributed by atoms with Gasteiger partial charge in [0.05, 0.1) is 13.2 Å². The van der Waals surface area contributed by atoms with Gasteiger partial charge in [-0.15, -0.1) is 0 Å². The van der Waals surface area contributed by atoms with Crippen LogP contribution in [0, 0.1) is 11.3 Å². The molecule has 1 aromatic rings. The third-order valence-electron chi connectivity index (χ3n) is 5.55. The fraction of sp³-hybridized carbons (Fsp3) is 0.500. The lowest BCUT2D eigenvalue weighted by molar-refractivity contribution is -0.153. The largest absolute Gasteiger partial charge is 0.450 e. The molecule has 110 valence electrons. The summed E-state index contributed by atoms with van der Waals surface area (Å²) in [5.74, 6) is 0.0234. The Morgan fingerprint density at radius 1 is 1.43 bits per heavy atom. The topological polar surface area (TPSA) is 35.5 Å². The van der Waals surface area contributed by atoms with Crippen molar-refractivity contribution < 1.29 is 14.3 Å². The maximum Gasteiger partial charge on any atom is 0.334 e. The Morgan fingerprint density at radius 2 is 2.24 bits per heavy atom. The van der Waals surface area contributed by atoms with Crippen molar-refractivity contribution in [3.05, 3.63) is 47.5 Å². The van der Waals surface area contributed by atoms with Crippen molar-refractivity contribution in [2.75, 3.05) is 13.2 Å². The Labute approximate surface area is 124 Å². The molecule has 3 atom stereocenters. The van der Waals surface area contributed by atoms with Gasteiger partial charge in [-0.25, -0.2) is 4.79 Å². The van der Waals surface area contributed by atoms with Crippen LogP contribution in [-0.4, -0.2) is 19.2 Å². The zero-order chi connectivity index (χ0) is 14.7. The maximum absolute atomic E-state index is 12.2. The zero-order valence-corrected chi connectivity index (χ0v) is 12.4. The molecule has 0 N–H and O–H groups in total. The minimum Gasteiger partial charge on any atom is -0.450 e. The highest BCUT2D eigenvalue weighted by atomic mass is 16.6. The Morgan fingerprint density at radius 3 is 3.05 bits per heavy atom. The summed E-state index contributed by atoms with van der Waals surface area (Å²) < 4.78 is 11.8. The maximum atomic E-state index is 12.2. The molecule has 1 aliphatic heterocycles. The van der Waals surface area contributed by atoms with Crippen LogP contribution in [0.1, 0.15) is 30.9 Å². The van der Waals surface area contributed by atoms with Crippen molar-refractivity contribution in [1.29, 1.82) is 0 Å². The molecule has 0 bridgehead atoms. The third kappa shape index (κ3) is 1.50. The zero-order valence-electron chi connectivity index (χ0n) is 12.4. The van der Waals surface area contributed by atoms with E-state index in [1.807, 2.05) is 6.07 Å². The number of hydrogen-bond donors (Lipinski definition) is 0. The van der Waals surface area contributed by atoms with E-state index in [1.54, 1.807) is 6.92 Å². The molecule has 1 saturated carbocycles. The van der Waals surface area contributed by atoms with E-state index in [0.29, 0.717) is 24.7 Å². The highest BCUT2D eigenvalue weighted by molar-refractivity contribution is 5.88. The molecule has 21 heavy (non-hydrogen) atoms. The molecule has 3 heteroatoms. The van der Waals surface area contributed by atoms with Gasteiger partial charge in [0.2, 0.25) is 0 Å². The Balaban J connectivity index is 1.84. The van der Waals surface area contributed by atoms with E-state index in [2.05, 4.69) is 24.8 Å². The van der Waals surface area contributed by atoms with E-state index in [0.717, 1.165) is 19.3 Å². The molecule has 1 spiro atoms. The van der Waals surface area contributed by atoms with Crippen LogP contribution in [0.25, 0.3) is 0 Å². The van der Waals surface area contributed by atoms with Gasteiger partial charge in [0.1, 0.15) is 0 Å². The summed E-state index contributed by atoms with van der Waals surface area (Å²) in [4.78, 5) is 12.2. The number of benzene rings is 1. The molecule has 1 heterocycles. The van der Waals surface area contributed by atoms with Crippen LogP contribution in [0.15, 0.2) is 36.4 Å². The Hall–Kier alpha value is -1.61. The number of esters is 1. The third-order valence-corrected chi connectivity index (χ3v) is 5.55. The molecule has 4 rings (SSSR count). The van der Waals surface area contributed by atoms with Crippen LogP contribution in [0.4, 0.5) is 0 Å². The van der Waals surface area contributed by atoms with E-state index in [1.165, 1.54) is 11.1 Å². The number of fused-ring (bicyclic) bond motifs is 3. The number of hydrogen-bond acceptors (Lipinski definition) is 3. The smallest absolute Gasteiger partial charge is 0.334 e. The fourth-order valence-electron chi connectivity index (χ4n) is 4.54. The second-order valence-electron chi connectivity index (χ2n) is 6.64. The standard InChI is InChI=1S/C18H20O3/c1-12(2)16(19)21-18-14-8-4-3-6-13(14)7-5-9-17(18)11-20-10-15(17)18/h3-4,6,8,15H,1,5,7,9-11H2,2H3/t15-,17?,18+/m0/s1. The van der Waals surface area contributed by atoms with Crippen LogP contribution < -0.4 is 0 Å². The van der Waals surface area contributed by atoms with Crippen molar-refractivity contribution in [3.63, 3.8) is 0 Å². The average Bonchev–Trinajstić information content (AvgIpc) is 2.79. The van der Waals surface area contributed by atoms with Crippen molar-refractivity contribution in [3.8, 4) is 0 Å². The molecule has 3 aliphatic rings. The lowest BCUT2D eigenvalue weighted by Crippen LogP contribution is -2.30. The van der Waals surface area contributed by atoms with E-state index >= 15 is 0 Å². The predicted octanol–water partition coefficient (Wildman–Crippen LogP) is 2.98. The molecule has 2 fully saturated rings. The number of ether oxygens (including phenoxy) is 2. The number of aryl methyl sites for hydroxylation is 1. The highest BCUT2D eigenvalue weighted by Crippen LogP contribution is 2.76. The molecular weight excluding hydrogens is 264 g/mol. The van der Waals surface area contributed by atoms with Crippen molar-refractivity contribution in [1.82, 2.24) is 0 Å².